The number of ether oxygens (including phenoxy) is 1. The fourth-order valence-corrected chi connectivity index (χ4v) is 5.68. The van der Waals surface area contributed by atoms with Gasteiger partial charge in [-0.15, -0.1) is 0 Å². The van der Waals surface area contributed by atoms with Crippen molar-refractivity contribution in [2.75, 3.05) is 24.0 Å². The quantitative estimate of drug-likeness (QED) is 0.276. The standard InChI is InChI=1S/C31H37F2N3O5S/c1-5-29(31(38)34-19-22(3)4)35(20-23-7-9-24(32)10-8-23)30(37)21-36(26-13-11-25(33)12-14-26)42(39,40)28-17-15-27(16-18-28)41-6-2/h7-18,22,29H,5-6,19-21H2,1-4H3,(H,34,38). The lowest BCUT2D eigenvalue weighted by Gasteiger charge is -2.33. The number of anilines is 1. The molecule has 8 nitrogen and oxygen atoms in total. The maximum atomic E-state index is 14.0. The van der Waals surface area contributed by atoms with Crippen molar-refractivity contribution < 1.29 is 31.5 Å². The molecule has 0 aliphatic heterocycles. The number of benzene rings is 3. The van der Waals surface area contributed by atoms with Crippen LogP contribution in [0.15, 0.2) is 77.7 Å². The van der Waals surface area contributed by atoms with Crippen molar-refractivity contribution >= 4 is 27.5 Å². The van der Waals surface area contributed by atoms with E-state index in [-0.39, 0.29) is 35.4 Å². The average Bonchev–Trinajstić information content (AvgIpc) is 2.96. The van der Waals surface area contributed by atoms with Crippen molar-refractivity contribution in [2.24, 2.45) is 5.92 Å². The van der Waals surface area contributed by atoms with Gasteiger partial charge in [0.05, 0.1) is 17.2 Å². The van der Waals surface area contributed by atoms with E-state index in [1.165, 1.54) is 65.6 Å². The Balaban J connectivity index is 2.03. The van der Waals surface area contributed by atoms with Crippen LogP contribution in [-0.4, -0.2) is 50.9 Å². The number of halogens is 2. The zero-order chi connectivity index (χ0) is 30.9. The third-order valence-corrected chi connectivity index (χ3v) is 8.24. The molecule has 3 aromatic carbocycles. The van der Waals surface area contributed by atoms with Crippen molar-refractivity contribution in [3.05, 3.63) is 90.0 Å². The first-order valence-electron chi connectivity index (χ1n) is 13.8. The van der Waals surface area contributed by atoms with Crippen LogP contribution in [0.4, 0.5) is 14.5 Å². The van der Waals surface area contributed by atoms with Crippen LogP contribution >= 0.6 is 0 Å². The van der Waals surface area contributed by atoms with Crippen LogP contribution in [0.1, 0.15) is 39.7 Å². The molecule has 0 bridgehead atoms. The van der Waals surface area contributed by atoms with Gasteiger partial charge in [0.15, 0.2) is 0 Å². The highest BCUT2D eigenvalue weighted by Crippen LogP contribution is 2.26. The van der Waals surface area contributed by atoms with Crippen LogP contribution in [-0.2, 0) is 26.2 Å². The molecule has 3 rings (SSSR count). The van der Waals surface area contributed by atoms with Crippen LogP contribution in [0.5, 0.6) is 5.75 Å². The number of rotatable bonds is 14. The van der Waals surface area contributed by atoms with Crippen molar-refractivity contribution in [3.63, 3.8) is 0 Å². The second-order valence-electron chi connectivity index (χ2n) is 10.1. The summed E-state index contributed by atoms with van der Waals surface area (Å²) in [4.78, 5) is 28.4. The Morgan fingerprint density at radius 1 is 0.881 bits per heavy atom. The maximum Gasteiger partial charge on any atom is 0.264 e. The lowest BCUT2D eigenvalue weighted by atomic mass is 10.1. The number of sulfonamides is 1. The molecule has 1 unspecified atom stereocenters. The summed E-state index contributed by atoms with van der Waals surface area (Å²) in [6.45, 7) is 7.49. The molecule has 3 aromatic rings. The van der Waals surface area contributed by atoms with Gasteiger partial charge in [-0.1, -0.05) is 32.9 Å². The van der Waals surface area contributed by atoms with Crippen LogP contribution in [0, 0.1) is 17.6 Å². The Morgan fingerprint density at radius 3 is 1.98 bits per heavy atom. The van der Waals surface area contributed by atoms with Crippen molar-refractivity contribution in [1.29, 1.82) is 0 Å². The highest BCUT2D eigenvalue weighted by molar-refractivity contribution is 7.92. The van der Waals surface area contributed by atoms with E-state index in [4.69, 9.17) is 4.74 Å². The molecule has 2 amide bonds. The largest absolute Gasteiger partial charge is 0.494 e. The van der Waals surface area contributed by atoms with Gasteiger partial charge < -0.3 is 15.0 Å². The summed E-state index contributed by atoms with van der Waals surface area (Å²) >= 11 is 0. The first kappa shape index (κ1) is 32.5. The second-order valence-corrected chi connectivity index (χ2v) is 12.0. The van der Waals surface area contributed by atoms with E-state index in [0.29, 0.717) is 24.5 Å². The van der Waals surface area contributed by atoms with E-state index in [0.717, 1.165) is 16.4 Å². The monoisotopic (exact) mass is 601 g/mol. The highest BCUT2D eigenvalue weighted by Gasteiger charge is 2.33. The summed E-state index contributed by atoms with van der Waals surface area (Å²) < 4.78 is 61.5. The number of carbonyl (C=O) groups is 2. The Bertz CT molecular complexity index is 1430. The van der Waals surface area contributed by atoms with Crippen LogP contribution in [0.25, 0.3) is 0 Å². The van der Waals surface area contributed by atoms with Gasteiger partial charge in [0.2, 0.25) is 11.8 Å². The molecule has 1 N–H and O–H groups in total. The fourth-order valence-electron chi connectivity index (χ4n) is 4.27. The molecule has 0 aliphatic rings. The first-order chi connectivity index (χ1) is 20.0. The average molecular weight is 602 g/mol. The van der Waals surface area contributed by atoms with Crippen molar-refractivity contribution in [1.82, 2.24) is 10.2 Å². The third-order valence-electron chi connectivity index (χ3n) is 6.45. The molecule has 0 radical (unpaired) electrons. The van der Waals surface area contributed by atoms with Gasteiger partial charge in [0.1, 0.15) is 30.0 Å². The smallest absolute Gasteiger partial charge is 0.264 e. The summed E-state index contributed by atoms with van der Waals surface area (Å²) in [6, 6.07) is 15.1. The van der Waals surface area contributed by atoms with Crippen LogP contribution in [0.2, 0.25) is 0 Å². The molecule has 0 saturated heterocycles. The number of amides is 2. The molecule has 0 aromatic heterocycles. The Hall–Kier alpha value is -3.99. The molecule has 0 heterocycles. The second kappa shape index (κ2) is 14.8. The molecular weight excluding hydrogens is 564 g/mol. The van der Waals surface area contributed by atoms with Crippen LogP contribution < -0.4 is 14.4 Å². The third kappa shape index (κ3) is 8.51. The molecule has 0 saturated carbocycles. The SMILES string of the molecule is CCOc1ccc(S(=O)(=O)N(CC(=O)N(Cc2ccc(F)cc2)C(CC)C(=O)NCC(C)C)c2ccc(F)cc2)cc1. The number of nitrogens with zero attached hydrogens (tertiary/aromatic N) is 2. The van der Waals surface area contributed by atoms with Gasteiger partial charge in [-0.05, 0) is 85.5 Å². The topological polar surface area (TPSA) is 96.0 Å². The van der Waals surface area contributed by atoms with E-state index < -0.39 is 40.2 Å². The Labute approximate surface area is 246 Å². The lowest BCUT2D eigenvalue weighted by molar-refractivity contribution is -0.140. The highest BCUT2D eigenvalue weighted by atomic mass is 32.2. The molecule has 0 spiro atoms. The summed E-state index contributed by atoms with van der Waals surface area (Å²) in [5.41, 5.74) is 0.625. The van der Waals surface area contributed by atoms with E-state index in [1.54, 1.807) is 13.8 Å². The number of nitrogens with one attached hydrogen (secondary N) is 1. The summed E-state index contributed by atoms with van der Waals surface area (Å²) in [6.07, 6.45) is 0.249. The van der Waals surface area contributed by atoms with Gasteiger partial charge in [-0.2, -0.15) is 0 Å². The minimum absolute atomic E-state index is 0.0624. The predicted octanol–water partition coefficient (Wildman–Crippen LogP) is 5.14. The normalized spacial score (nSPS) is 12.1. The first-order valence-corrected chi connectivity index (χ1v) is 15.2. The van der Waals surface area contributed by atoms with Gasteiger partial charge in [-0.3, -0.25) is 13.9 Å². The predicted molar refractivity (Wildman–Crippen MR) is 157 cm³/mol. The molecule has 1 atom stereocenters. The molecule has 42 heavy (non-hydrogen) atoms. The van der Waals surface area contributed by atoms with E-state index in [2.05, 4.69) is 5.32 Å². The maximum absolute atomic E-state index is 14.0. The molecular formula is C31H37F2N3O5S. The lowest BCUT2D eigenvalue weighted by Crippen LogP contribution is -2.52. The number of hydrogen-bond donors (Lipinski definition) is 1. The Kier molecular flexibility index (Phi) is 11.4. The summed E-state index contributed by atoms with van der Waals surface area (Å²) in [5.74, 6) is -1.43. The zero-order valence-electron chi connectivity index (χ0n) is 24.2. The summed E-state index contributed by atoms with van der Waals surface area (Å²) in [5, 5.41) is 2.85. The van der Waals surface area contributed by atoms with E-state index in [9.17, 15) is 26.8 Å². The minimum atomic E-state index is -4.32. The fraction of sp³-hybridized carbons (Fsp3) is 0.355. The van der Waals surface area contributed by atoms with Gasteiger partial charge in [0.25, 0.3) is 10.0 Å². The molecule has 0 aliphatic carbocycles. The number of hydrogen-bond acceptors (Lipinski definition) is 5. The van der Waals surface area contributed by atoms with Crippen molar-refractivity contribution in [3.8, 4) is 5.75 Å². The molecule has 11 heteroatoms. The van der Waals surface area contributed by atoms with Crippen LogP contribution in [0.3, 0.4) is 0 Å². The van der Waals surface area contributed by atoms with Gasteiger partial charge in [0, 0.05) is 13.1 Å². The summed E-state index contributed by atoms with van der Waals surface area (Å²) in [7, 11) is -4.32. The molecule has 0 fully saturated rings. The van der Waals surface area contributed by atoms with Gasteiger partial charge in [-0.25, -0.2) is 17.2 Å². The van der Waals surface area contributed by atoms with Crippen molar-refractivity contribution in [2.45, 2.75) is 51.6 Å². The van der Waals surface area contributed by atoms with E-state index >= 15 is 0 Å². The van der Waals surface area contributed by atoms with E-state index in [1.807, 2.05) is 13.8 Å². The minimum Gasteiger partial charge on any atom is -0.494 e. The zero-order valence-corrected chi connectivity index (χ0v) is 25.0. The molecule has 226 valence electrons. The Morgan fingerprint density at radius 2 is 1.45 bits per heavy atom. The number of carbonyl (C=O) groups excluding carboxylic acids is 2. The van der Waals surface area contributed by atoms with Gasteiger partial charge >= 0.3 is 0 Å².